The van der Waals surface area contributed by atoms with Crippen LogP contribution in [-0.4, -0.2) is 60.2 Å². The summed E-state index contributed by atoms with van der Waals surface area (Å²) in [5, 5.41) is 18.0. The molecular weight excluding hydrogens is 380 g/mol. The summed E-state index contributed by atoms with van der Waals surface area (Å²) in [6.07, 6.45) is 0.404. The molecule has 11 nitrogen and oxygen atoms in total. The lowest BCUT2D eigenvalue weighted by Gasteiger charge is -2.27. The summed E-state index contributed by atoms with van der Waals surface area (Å²) >= 11 is 1.33. The Kier molecular flexibility index (Phi) is 7.11. The van der Waals surface area contributed by atoms with Crippen molar-refractivity contribution in [2.24, 2.45) is 10.9 Å². The molecule has 2 rings (SSSR count). The molecule has 1 aliphatic heterocycles. The van der Waals surface area contributed by atoms with E-state index in [0.717, 1.165) is 0 Å². The molecule has 0 saturated heterocycles. The van der Waals surface area contributed by atoms with Gasteiger partial charge in [0.05, 0.1) is 11.6 Å². The highest BCUT2D eigenvalue weighted by molar-refractivity contribution is 8.00. The monoisotopic (exact) mass is 398 g/mol. The second-order valence-corrected chi connectivity index (χ2v) is 6.34. The van der Waals surface area contributed by atoms with E-state index in [0.29, 0.717) is 11.3 Å². The first-order valence-electron chi connectivity index (χ1n) is 7.61. The van der Waals surface area contributed by atoms with Crippen LogP contribution in [0.3, 0.4) is 0 Å². The van der Waals surface area contributed by atoms with Crippen LogP contribution in [0.15, 0.2) is 39.2 Å². The smallest absolute Gasteiger partial charge is 0.404 e. The average Bonchev–Trinajstić information content (AvgIpc) is 3.16. The number of nitrogens with zero attached hydrogens (tertiary/aromatic N) is 1. The normalized spacial score (nSPS) is 17.1. The Labute approximate surface area is 157 Å². The van der Waals surface area contributed by atoms with Gasteiger partial charge in [-0.05, 0) is 12.1 Å². The number of primary amides is 1. The van der Waals surface area contributed by atoms with Gasteiger partial charge in [-0.1, -0.05) is 5.16 Å². The predicted molar refractivity (Wildman–Crippen MR) is 94.8 cm³/mol. The van der Waals surface area contributed by atoms with Crippen molar-refractivity contribution in [3.05, 3.63) is 35.4 Å². The van der Waals surface area contributed by atoms with Gasteiger partial charge < -0.3 is 35.5 Å². The molecule has 2 heterocycles. The number of hydrogen-bond donors (Lipinski definition) is 4. The number of carboxylic acid groups (broad SMARTS) is 1. The van der Waals surface area contributed by atoms with Gasteiger partial charge in [-0.2, -0.15) is 0 Å². The van der Waals surface area contributed by atoms with Crippen LogP contribution in [0.1, 0.15) is 5.76 Å². The molecule has 1 aliphatic rings. The summed E-state index contributed by atoms with van der Waals surface area (Å²) in [7, 11) is 1.30. The van der Waals surface area contributed by atoms with Gasteiger partial charge in [-0.3, -0.25) is 4.79 Å². The number of oxime groups is 1. The van der Waals surface area contributed by atoms with Crippen LogP contribution in [0.25, 0.3) is 0 Å². The lowest BCUT2D eigenvalue weighted by molar-refractivity contribution is -0.133. The van der Waals surface area contributed by atoms with E-state index in [1.165, 1.54) is 25.1 Å². The van der Waals surface area contributed by atoms with Gasteiger partial charge in [0.2, 0.25) is 5.71 Å². The molecule has 0 aliphatic carbocycles. The van der Waals surface area contributed by atoms with E-state index >= 15 is 0 Å². The van der Waals surface area contributed by atoms with Crippen molar-refractivity contribution in [3.63, 3.8) is 0 Å². The molecule has 146 valence electrons. The average molecular weight is 398 g/mol. The van der Waals surface area contributed by atoms with Crippen LogP contribution < -0.4 is 16.4 Å². The van der Waals surface area contributed by atoms with Crippen LogP contribution in [-0.2, 0) is 19.2 Å². The minimum absolute atomic E-state index is 0.0483. The van der Waals surface area contributed by atoms with E-state index in [1.54, 1.807) is 12.1 Å². The summed E-state index contributed by atoms with van der Waals surface area (Å²) in [6, 6.07) is 3.16. The lowest BCUT2D eigenvalue weighted by Crippen LogP contribution is -2.45. The Hall–Kier alpha value is -3.15. The lowest BCUT2D eigenvalue weighted by atomic mass is 10.2. The SMILES string of the molecule is CO/N=C(\C(=O)NC[C@@H]1NC(C(=O)O)=C(COC(N)=O)CS1)c1ccco1. The number of carbonyl (C=O) groups is 3. The second-order valence-electron chi connectivity index (χ2n) is 5.15. The molecular formula is C15H18N4O7S. The molecule has 0 saturated carbocycles. The van der Waals surface area contributed by atoms with Crippen LogP contribution >= 0.6 is 11.8 Å². The molecule has 0 bridgehead atoms. The van der Waals surface area contributed by atoms with Crippen molar-refractivity contribution in [1.29, 1.82) is 0 Å². The van der Waals surface area contributed by atoms with E-state index in [4.69, 9.17) is 10.2 Å². The maximum atomic E-state index is 12.3. The standard InChI is InChI=1S/C15H18N4O7S/c1-24-19-12(9-3-2-4-25-9)13(20)17-5-10-18-11(14(21)22)8(7-27-10)6-26-15(16)23/h2-4,10,18H,5-7H2,1H3,(H2,16,23)(H,17,20)(H,21,22)/b19-12-/t10-/m1/s1. The van der Waals surface area contributed by atoms with Crippen LogP contribution in [0, 0.1) is 0 Å². The Morgan fingerprint density at radius 1 is 1.52 bits per heavy atom. The number of furan rings is 1. The Balaban J connectivity index is 1.98. The maximum Gasteiger partial charge on any atom is 0.404 e. The number of carboxylic acids is 1. The molecule has 0 unspecified atom stereocenters. The molecule has 0 spiro atoms. The number of nitrogens with two attached hydrogens (primary N) is 1. The van der Waals surface area contributed by atoms with Gasteiger partial charge in [0.1, 0.15) is 19.4 Å². The highest BCUT2D eigenvalue weighted by Gasteiger charge is 2.27. The number of amides is 2. The number of carbonyl (C=O) groups excluding carboxylic acids is 2. The van der Waals surface area contributed by atoms with E-state index in [9.17, 15) is 19.5 Å². The summed E-state index contributed by atoms with van der Waals surface area (Å²) in [5.41, 5.74) is 5.14. The van der Waals surface area contributed by atoms with E-state index in [1.807, 2.05) is 0 Å². The summed E-state index contributed by atoms with van der Waals surface area (Å²) in [5.74, 6) is -1.22. The Morgan fingerprint density at radius 3 is 2.89 bits per heavy atom. The number of ether oxygens (including phenoxy) is 1. The molecule has 1 aromatic heterocycles. The zero-order valence-electron chi connectivity index (χ0n) is 14.3. The van der Waals surface area contributed by atoms with Gasteiger partial charge in [-0.25, -0.2) is 9.59 Å². The third kappa shape index (κ3) is 5.67. The second kappa shape index (κ2) is 9.52. The van der Waals surface area contributed by atoms with Crippen molar-refractivity contribution in [1.82, 2.24) is 10.6 Å². The first-order valence-corrected chi connectivity index (χ1v) is 8.66. The first kappa shape index (κ1) is 20.2. The zero-order valence-corrected chi connectivity index (χ0v) is 15.1. The topological polar surface area (TPSA) is 165 Å². The van der Waals surface area contributed by atoms with Gasteiger partial charge in [-0.15, -0.1) is 11.8 Å². The molecule has 2 amide bonds. The van der Waals surface area contributed by atoms with Crippen LogP contribution in [0.4, 0.5) is 4.79 Å². The van der Waals surface area contributed by atoms with Gasteiger partial charge in [0, 0.05) is 17.9 Å². The number of rotatable bonds is 8. The predicted octanol–water partition coefficient (Wildman–Crippen LogP) is -0.157. The fourth-order valence-corrected chi connectivity index (χ4v) is 3.18. The van der Waals surface area contributed by atoms with Crippen molar-refractivity contribution in [2.75, 3.05) is 26.0 Å². The first-order chi connectivity index (χ1) is 12.9. The van der Waals surface area contributed by atoms with Crippen LogP contribution in [0.5, 0.6) is 0 Å². The van der Waals surface area contributed by atoms with E-state index in [-0.39, 0.29) is 30.3 Å². The quantitative estimate of drug-likeness (QED) is 0.344. The molecule has 0 aromatic carbocycles. The maximum absolute atomic E-state index is 12.3. The van der Waals surface area contributed by atoms with Gasteiger partial charge >= 0.3 is 12.1 Å². The summed E-state index contributed by atoms with van der Waals surface area (Å²) in [6.45, 7) is -0.118. The van der Waals surface area contributed by atoms with E-state index in [2.05, 4.69) is 25.4 Å². The fourth-order valence-electron chi connectivity index (χ4n) is 2.15. The molecule has 1 atom stereocenters. The minimum atomic E-state index is -1.20. The summed E-state index contributed by atoms with van der Waals surface area (Å²) in [4.78, 5) is 39.1. The van der Waals surface area contributed by atoms with E-state index < -0.39 is 23.3 Å². The van der Waals surface area contributed by atoms with Crippen molar-refractivity contribution in [2.45, 2.75) is 5.37 Å². The number of nitrogens with one attached hydrogen (secondary N) is 2. The number of aliphatic carboxylic acids is 1. The van der Waals surface area contributed by atoms with Gasteiger partial charge in [0.15, 0.2) is 5.76 Å². The van der Waals surface area contributed by atoms with Crippen molar-refractivity contribution < 1.29 is 33.5 Å². The Bertz CT molecular complexity index is 760. The number of hydrogen-bond acceptors (Lipinski definition) is 9. The number of thioether (sulfide) groups is 1. The molecule has 0 fully saturated rings. The van der Waals surface area contributed by atoms with Gasteiger partial charge in [0.25, 0.3) is 5.91 Å². The zero-order chi connectivity index (χ0) is 19.8. The minimum Gasteiger partial charge on any atom is -0.477 e. The highest BCUT2D eigenvalue weighted by Crippen LogP contribution is 2.22. The summed E-state index contributed by atoms with van der Waals surface area (Å²) < 4.78 is 9.79. The highest BCUT2D eigenvalue weighted by atomic mass is 32.2. The van der Waals surface area contributed by atoms with Crippen LogP contribution in [0.2, 0.25) is 0 Å². The molecule has 0 radical (unpaired) electrons. The van der Waals surface area contributed by atoms with Crippen molar-refractivity contribution >= 4 is 35.4 Å². The Morgan fingerprint density at radius 2 is 2.30 bits per heavy atom. The molecule has 27 heavy (non-hydrogen) atoms. The van der Waals surface area contributed by atoms with Crippen molar-refractivity contribution in [3.8, 4) is 0 Å². The third-order valence-corrected chi connectivity index (χ3v) is 4.52. The fraction of sp³-hybridized carbons (Fsp3) is 0.333. The largest absolute Gasteiger partial charge is 0.477 e. The molecule has 5 N–H and O–H groups in total. The molecule has 1 aromatic rings. The molecule has 12 heteroatoms. The third-order valence-electron chi connectivity index (χ3n) is 3.32.